The number of rotatable bonds is 7. The van der Waals surface area contributed by atoms with Gasteiger partial charge in [-0.2, -0.15) is 0 Å². The number of halogens is 1. The van der Waals surface area contributed by atoms with Gasteiger partial charge in [-0.05, 0) is 37.1 Å². The fraction of sp³-hybridized carbons (Fsp3) is 0.500. The first-order chi connectivity index (χ1) is 7.76. The van der Waals surface area contributed by atoms with Crippen LogP contribution in [0.15, 0.2) is 28.7 Å². The van der Waals surface area contributed by atoms with Gasteiger partial charge in [0.15, 0.2) is 0 Å². The molecule has 0 aliphatic carbocycles. The zero-order valence-electron chi connectivity index (χ0n) is 9.19. The predicted octanol–water partition coefficient (Wildman–Crippen LogP) is 1.32. The van der Waals surface area contributed by atoms with Gasteiger partial charge in [-0.3, -0.25) is 0 Å². The maximum atomic E-state index is 9.01. The largest absolute Gasteiger partial charge is 0.396 e. The molecule has 90 valence electrons. The summed E-state index contributed by atoms with van der Waals surface area (Å²) >= 11 is 3.39. The third-order valence-corrected chi connectivity index (χ3v) is 2.99. The van der Waals surface area contributed by atoms with Gasteiger partial charge in [-0.1, -0.05) is 28.1 Å². The van der Waals surface area contributed by atoms with Crippen LogP contribution in [0.4, 0.5) is 0 Å². The van der Waals surface area contributed by atoms with E-state index in [9.17, 15) is 0 Å². The van der Waals surface area contributed by atoms with Crippen LogP contribution < -0.4 is 5.32 Å². The number of benzene rings is 1. The third-order valence-electron chi connectivity index (χ3n) is 2.46. The summed E-state index contributed by atoms with van der Waals surface area (Å²) < 4.78 is 1.08. The highest BCUT2D eigenvalue weighted by molar-refractivity contribution is 9.10. The SMILES string of the molecule is OCCC(CO)NCCc1ccc(Br)cc1. The number of nitrogens with one attached hydrogen (secondary N) is 1. The first-order valence-electron chi connectivity index (χ1n) is 5.46. The van der Waals surface area contributed by atoms with Crippen molar-refractivity contribution in [1.29, 1.82) is 0 Å². The molecule has 1 atom stereocenters. The Hall–Kier alpha value is -0.420. The monoisotopic (exact) mass is 287 g/mol. The van der Waals surface area contributed by atoms with Crippen LogP contribution in [0.5, 0.6) is 0 Å². The number of aliphatic hydroxyl groups excluding tert-OH is 2. The zero-order valence-corrected chi connectivity index (χ0v) is 10.8. The molecule has 0 saturated carbocycles. The molecule has 1 rings (SSSR count). The molecule has 3 N–H and O–H groups in total. The summed E-state index contributed by atoms with van der Waals surface area (Å²) in [6.07, 6.45) is 1.52. The average molecular weight is 288 g/mol. The average Bonchev–Trinajstić information content (AvgIpc) is 2.30. The lowest BCUT2D eigenvalue weighted by molar-refractivity contribution is 0.201. The Morgan fingerprint density at radius 1 is 1.19 bits per heavy atom. The van der Waals surface area contributed by atoms with E-state index in [2.05, 4.69) is 33.4 Å². The minimum Gasteiger partial charge on any atom is -0.396 e. The first kappa shape index (κ1) is 13.6. The van der Waals surface area contributed by atoms with Crippen molar-refractivity contribution in [2.75, 3.05) is 19.8 Å². The molecule has 0 aliphatic heterocycles. The highest BCUT2D eigenvalue weighted by atomic mass is 79.9. The molecule has 1 aromatic rings. The van der Waals surface area contributed by atoms with Gasteiger partial charge in [0, 0.05) is 17.1 Å². The second-order valence-corrected chi connectivity index (χ2v) is 4.64. The van der Waals surface area contributed by atoms with E-state index in [0.717, 1.165) is 17.4 Å². The van der Waals surface area contributed by atoms with Gasteiger partial charge < -0.3 is 15.5 Å². The summed E-state index contributed by atoms with van der Waals surface area (Å²) in [6.45, 7) is 0.990. The van der Waals surface area contributed by atoms with Crippen LogP contribution >= 0.6 is 15.9 Å². The van der Waals surface area contributed by atoms with Gasteiger partial charge in [0.05, 0.1) is 6.61 Å². The Labute approximate surface area is 105 Å². The second kappa shape index (κ2) is 7.79. The normalized spacial score (nSPS) is 12.7. The summed E-state index contributed by atoms with van der Waals surface area (Å²) in [6, 6.07) is 8.19. The van der Waals surface area contributed by atoms with E-state index >= 15 is 0 Å². The molecule has 0 radical (unpaired) electrons. The van der Waals surface area contributed by atoms with Crippen LogP contribution in [0.25, 0.3) is 0 Å². The van der Waals surface area contributed by atoms with Gasteiger partial charge >= 0.3 is 0 Å². The van der Waals surface area contributed by atoms with Crippen molar-refractivity contribution >= 4 is 15.9 Å². The highest BCUT2D eigenvalue weighted by Crippen LogP contribution is 2.10. The Kier molecular flexibility index (Phi) is 6.64. The van der Waals surface area contributed by atoms with Gasteiger partial charge in [0.1, 0.15) is 0 Å². The van der Waals surface area contributed by atoms with Crippen molar-refractivity contribution in [3.05, 3.63) is 34.3 Å². The van der Waals surface area contributed by atoms with E-state index in [1.54, 1.807) is 0 Å². The van der Waals surface area contributed by atoms with Gasteiger partial charge in [-0.15, -0.1) is 0 Å². The highest BCUT2D eigenvalue weighted by Gasteiger charge is 2.04. The van der Waals surface area contributed by atoms with Crippen molar-refractivity contribution in [3.8, 4) is 0 Å². The van der Waals surface area contributed by atoms with E-state index in [1.807, 2.05) is 12.1 Å². The van der Waals surface area contributed by atoms with Crippen LogP contribution in [0.3, 0.4) is 0 Å². The first-order valence-corrected chi connectivity index (χ1v) is 6.25. The molecule has 0 amide bonds. The maximum absolute atomic E-state index is 9.01. The lowest BCUT2D eigenvalue weighted by Gasteiger charge is -2.14. The Morgan fingerprint density at radius 2 is 1.88 bits per heavy atom. The summed E-state index contributed by atoms with van der Waals surface area (Å²) in [5, 5.41) is 21.0. The minimum absolute atomic E-state index is 0.000415. The molecule has 0 saturated heterocycles. The molecule has 0 heterocycles. The standard InChI is InChI=1S/C12H18BrNO2/c13-11-3-1-10(2-4-11)5-7-14-12(9-16)6-8-15/h1-4,12,14-16H,5-9H2. The van der Waals surface area contributed by atoms with E-state index < -0.39 is 0 Å². The van der Waals surface area contributed by atoms with Crippen LogP contribution in [-0.2, 0) is 6.42 Å². The van der Waals surface area contributed by atoms with Crippen molar-refractivity contribution in [2.45, 2.75) is 18.9 Å². The third kappa shape index (κ3) is 5.07. The van der Waals surface area contributed by atoms with Crippen LogP contribution in [0.1, 0.15) is 12.0 Å². The smallest absolute Gasteiger partial charge is 0.0585 e. The van der Waals surface area contributed by atoms with Crippen LogP contribution in [0, 0.1) is 0 Å². The summed E-state index contributed by atoms with van der Waals surface area (Å²) in [5.74, 6) is 0. The molecule has 3 nitrogen and oxygen atoms in total. The van der Waals surface area contributed by atoms with Crippen molar-refractivity contribution in [1.82, 2.24) is 5.32 Å². The fourth-order valence-electron chi connectivity index (χ4n) is 1.49. The van der Waals surface area contributed by atoms with Gasteiger partial charge in [0.25, 0.3) is 0 Å². The zero-order chi connectivity index (χ0) is 11.8. The van der Waals surface area contributed by atoms with Crippen molar-refractivity contribution < 1.29 is 10.2 Å². The lowest BCUT2D eigenvalue weighted by Crippen LogP contribution is -2.34. The molecule has 0 bridgehead atoms. The summed E-state index contributed by atoms with van der Waals surface area (Å²) in [5.41, 5.74) is 1.26. The molecule has 0 aromatic heterocycles. The molecule has 16 heavy (non-hydrogen) atoms. The summed E-state index contributed by atoms with van der Waals surface area (Å²) in [7, 11) is 0. The maximum Gasteiger partial charge on any atom is 0.0585 e. The Balaban J connectivity index is 2.26. The number of hydrogen-bond acceptors (Lipinski definition) is 3. The minimum atomic E-state index is 0.000415. The fourth-order valence-corrected chi connectivity index (χ4v) is 1.75. The Morgan fingerprint density at radius 3 is 2.44 bits per heavy atom. The molecular weight excluding hydrogens is 270 g/mol. The molecule has 4 heteroatoms. The second-order valence-electron chi connectivity index (χ2n) is 3.72. The topological polar surface area (TPSA) is 52.5 Å². The predicted molar refractivity (Wildman–Crippen MR) is 68.4 cm³/mol. The van der Waals surface area contributed by atoms with Gasteiger partial charge in [-0.25, -0.2) is 0 Å². The summed E-state index contributed by atoms with van der Waals surface area (Å²) in [4.78, 5) is 0. The van der Waals surface area contributed by atoms with E-state index in [-0.39, 0.29) is 19.3 Å². The van der Waals surface area contributed by atoms with Crippen molar-refractivity contribution in [3.63, 3.8) is 0 Å². The van der Waals surface area contributed by atoms with Crippen LogP contribution in [0.2, 0.25) is 0 Å². The molecular formula is C12H18BrNO2. The molecule has 1 unspecified atom stereocenters. The van der Waals surface area contributed by atoms with Crippen LogP contribution in [-0.4, -0.2) is 36.0 Å². The van der Waals surface area contributed by atoms with Crippen molar-refractivity contribution in [2.24, 2.45) is 0 Å². The van der Waals surface area contributed by atoms with E-state index in [4.69, 9.17) is 10.2 Å². The molecule has 0 fully saturated rings. The van der Waals surface area contributed by atoms with Gasteiger partial charge in [0.2, 0.25) is 0 Å². The molecule has 0 spiro atoms. The molecule has 0 aliphatic rings. The quantitative estimate of drug-likeness (QED) is 0.709. The lowest BCUT2D eigenvalue weighted by atomic mass is 10.1. The molecule has 1 aromatic carbocycles. The number of hydrogen-bond donors (Lipinski definition) is 3. The van der Waals surface area contributed by atoms with E-state index in [1.165, 1.54) is 5.56 Å². The number of aliphatic hydroxyl groups is 2. The van der Waals surface area contributed by atoms with E-state index in [0.29, 0.717) is 6.42 Å². The Bertz CT molecular complexity index is 290.